The summed E-state index contributed by atoms with van der Waals surface area (Å²) in [5.41, 5.74) is 6.95. The first-order valence-electron chi connectivity index (χ1n) is 8.49. The van der Waals surface area contributed by atoms with E-state index in [9.17, 15) is 0 Å². The van der Waals surface area contributed by atoms with Crippen molar-refractivity contribution in [2.75, 3.05) is 0 Å². The molecule has 0 bridgehead atoms. The van der Waals surface area contributed by atoms with E-state index in [1.165, 1.54) is 0 Å². The molecule has 4 aromatic rings. The Labute approximate surface area is 166 Å². The summed E-state index contributed by atoms with van der Waals surface area (Å²) in [6.07, 6.45) is 3.80. The fourth-order valence-corrected chi connectivity index (χ4v) is 3.62. The largest absolute Gasteiger partial charge is 0.306 e. The van der Waals surface area contributed by atoms with Crippen molar-refractivity contribution in [3.05, 3.63) is 94.5 Å². The van der Waals surface area contributed by atoms with Gasteiger partial charge < -0.3 is 5.43 Å². The van der Waals surface area contributed by atoms with Crippen molar-refractivity contribution in [2.45, 2.75) is 6.54 Å². The second-order valence-corrected chi connectivity index (χ2v) is 7.23. The van der Waals surface area contributed by atoms with Crippen LogP contribution in [0, 0.1) is 0 Å². The Bertz CT molecular complexity index is 1040. The van der Waals surface area contributed by atoms with Crippen molar-refractivity contribution in [2.24, 2.45) is 5.10 Å². The van der Waals surface area contributed by atoms with E-state index in [1.807, 2.05) is 76.9 Å². The summed E-state index contributed by atoms with van der Waals surface area (Å²) in [7, 11) is 0. The molecule has 4 rings (SSSR count). The molecule has 0 saturated carbocycles. The molecule has 2 heterocycles. The third-order valence-corrected chi connectivity index (χ3v) is 5.29. The Hall–Kier alpha value is -2.89. The van der Waals surface area contributed by atoms with E-state index in [2.05, 4.69) is 16.6 Å². The predicted octanol–water partition coefficient (Wildman–Crippen LogP) is 5.38. The van der Waals surface area contributed by atoms with Crippen LogP contribution in [0.2, 0.25) is 5.02 Å². The van der Waals surface area contributed by atoms with Crippen molar-refractivity contribution < 1.29 is 0 Å². The lowest BCUT2D eigenvalue weighted by Gasteiger charge is -2.02. The molecule has 0 aliphatic heterocycles. The molecule has 0 spiro atoms. The summed E-state index contributed by atoms with van der Waals surface area (Å²) in [5.74, 6) is 0. The fourth-order valence-electron chi connectivity index (χ4n) is 2.69. The van der Waals surface area contributed by atoms with E-state index in [4.69, 9.17) is 16.7 Å². The molecular formula is C21H17ClN4S. The van der Waals surface area contributed by atoms with Crippen LogP contribution in [0.25, 0.3) is 16.3 Å². The number of aromatic nitrogens is 2. The van der Waals surface area contributed by atoms with Gasteiger partial charge in [0, 0.05) is 16.8 Å². The molecule has 0 radical (unpaired) electrons. The highest BCUT2D eigenvalue weighted by atomic mass is 35.5. The minimum atomic E-state index is 0.567. The van der Waals surface area contributed by atoms with Gasteiger partial charge in [-0.25, -0.2) is 4.68 Å². The lowest BCUT2D eigenvalue weighted by atomic mass is 10.2. The van der Waals surface area contributed by atoms with Crippen LogP contribution in [0.5, 0.6) is 0 Å². The van der Waals surface area contributed by atoms with Gasteiger partial charge in [0.05, 0.1) is 23.3 Å². The number of benzene rings is 2. The number of hydrogen-bond donors (Lipinski definition) is 1. The minimum absolute atomic E-state index is 0.567. The highest BCUT2D eigenvalue weighted by Crippen LogP contribution is 2.26. The van der Waals surface area contributed by atoms with Crippen LogP contribution < -0.4 is 5.43 Å². The van der Waals surface area contributed by atoms with Gasteiger partial charge in [0.25, 0.3) is 0 Å². The molecule has 27 heavy (non-hydrogen) atoms. The van der Waals surface area contributed by atoms with E-state index in [1.54, 1.807) is 17.6 Å². The van der Waals surface area contributed by atoms with Gasteiger partial charge in [-0.15, -0.1) is 11.3 Å². The summed E-state index contributed by atoms with van der Waals surface area (Å²) >= 11 is 7.84. The molecule has 2 aromatic carbocycles. The normalized spacial score (nSPS) is 11.1. The number of halogens is 1. The van der Waals surface area contributed by atoms with Gasteiger partial charge in [-0.2, -0.15) is 10.2 Å². The fraction of sp³-hybridized carbons (Fsp3) is 0.0476. The number of hydrogen-bond acceptors (Lipinski definition) is 4. The van der Waals surface area contributed by atoms with Crippen molar-refractivity contribution in [3.8, 4) is 16.3 Å². The number of para-hydroxylation sites is 1. The Kier molecular flexibility index (Phi) is 5.32. The molecule has 0 unspecified atom stereocenters. The second-order valence-electron chi connectivity index (χ2n) is 5.87. The molecule has 0 amide bonds. The lowest BCUT2D eigenvalue weighted by Crippen LogP contribution is -2.05. The van der Waals surface area contributed by atoms with E-state index in [0.29, 0.717) is 6.54 Å². The smallest absolute Gasteiger partial charge is 0.112 e. The van der Waals surface area contributed by atoms with Gasteiger partial charge >= 0.3 is 0 Å². The predicted molar refractivity (Wildman–Crippen MR) is 113 cm³/mol. The number of nitrogens with zero attached hydrogens (tertiary/aromatic N) is 3. The molecule has 0 fully saturated rings. The molecular weight excluding hydrogens is 376 g/mol. The second kappa shape index (κ2) is 8.20. The van der Waals surface area contributed by atoms with Crippen LogP contribution >= 0.6 is 22.9 Å². The van der Waals surface area contributed by atoms with Gasteiger partial charge in [-0.1, -0.05) is 54.1 Å². The summed E-state index contributed by atoms with van der Waals surface area (Å²) in [6.45, 7) is 0.567. The Morgan fingerprint density at radius 1 is 1.04 bits per heavy atom. The van der Waals surface area contributed by atoms with Crippen LogP contribution in [-0.2, 0) is 6.54 Å². The zero-order valence-electron chi connectivity index (χ0n) is 14.4. The summed E-state index contributed by atoms with van der Waals surface area (Å²) in [6, 6.07) is 21.9. The zero-order chi connectivity index (χ0) is 18.5. The number of thiophene rings is 1. The lowest BCUT2D eigenvalue weighted by molar-refractivity contribution is 0.748. The molecule has 4 nitrogen and oxygen atoms in total. The van der Waals surface area contributed by atoms with E-state index >= 15 is 0 Å². The molecule has 0 saturated heterocycles. The molecule has 0 aliphatic rings. The Morgan fingerprint density at radius 2 is 1.85 bits per heavy atom. The van der Waals surface area contributed by atoms with Crippen LogP contribution in [0.4, 0.5) is 0 Å². The Balaban J connectivity index is 1.57. The topological polar surface area (TPSA) is 42.2 Å². The molecule has 134 valence electrons. The van der Waals surface area contributed by atoms with E-state index in [0.717, 1.165) is 32.4 Å². The average molecular weight is 393 g/mol. The third-order valence-electron chi connectivity index (χ3n) is 4.04. The molecule has 0 atom stereocenters. The van der Waals surface area contributed by atoms with Crippen LogP contribution in [0.3, 0.4) is 0 Å². The first-order chi connectivity index (χ1) is 13.3. The minimum Gasteiger partial charge on any atom is -0.306 e. The van der Waals surface area contributed by atoms with Gasteiger partial charge in [0.1, 0.15) is 5.69 Å². The van der Waals surface area contributed by atoms with Crippen molar-refractivity contribution >= 4 is 29.2 Å². The summed E-state index contributed by atoms with van der Waals surface area (Å²) in [4.78, 5) is 1.11. The highest BCUT2D eigenvalue weighted by Gasteiger charge is 2.11. The quantitative estimate of drug-likeness (QED) is 0.353. The average Bonchev–Trinajstić information content (AvgIpc) is 3.37. The third kappa shape index (κ3) is 4.10. The SMILES string of the molecule is Clc1ccccc1CN/N=C\c1cn(-c2ccccc2)nc1-c1cccs1. The van der Waals surface area contributed by atoms with Gasteiger partial charge in [-0.05, 0) is 35.2 Å². The van der Waals surface area contributed by atoms with Crippen molar-refractivity contribution in [1.82, 2.24) is 15.2 Å². The molecule has 0 aliphatic carbocycles. The number of hydrazone groups is 1. The first kappa shape index (κ1) is 17.5. The standard InChI is InChI=1S/C21H17ClN4S/c22-19-10-5-4-7-16(19)13-23-24-14-17-15-26(18-8-2-1-3-9-18)25-21(17)20-11-6-12-27-20/h1-12,14-15,23H,13H2/b24-14-. The summed E-state index contributed by atoms with van der Waals surface area (Å²) < 4.78 is 1.88. The maximum atomic E-state index is 6.18. The van der Waals surface area contributed by atoms with Crippen LogP contribution in [0.15, 0.2) is 83.4 Å². The monoisotopic (exact) mass is 392 g/mol. The maximum Gasteiger partial charge on any atom is 0.112 e. The summed E-state index contributed by atoms with van der Waals surface area (Å²) in [5, 5.41) is 11.9. The number of nitrogens with one attached hydrogen (secondary N) is 1. The van der Waals surface area contributed by atoms with Crippen LogP contribution in [-0.4, -0.2) is 16.0 Å². The van der Waals surface area contributed by atoms with Crippen LogP contribution in [0.1, 0.15) is 11.1 Å². The van der Waals surface area contributed by atoms with Gasteiger partial charge in [0.2, 0.25) is 0 Å². The molecule has 2 aromatic heterocycles. The van der Waals surface area contributed by atoms with Gasteiger partial charge in [-0.3, -0.25) is 0 Å². The van der Waals surface area contributed by atoms with Crippen molar-refractivity contribution in [1.29, 1.82) is 0 Å². The number of rotatable bonds is 6. The van der Waals surface area contributed by atoms with Gasteiger partial charge in [0.15, 0.2) is 0 Å². The zero-order valence-corrected chi connectivity index (χ0v) is 16.0. The Morgan fingerprint density at radius 3 is 2.63 bits per heavy atom. The molecule has 1 N–H and O–H groups in total. The van der Waals surface area contributed by atoms with Crippen molar-refractivity contribution in [3.63, 3.8) is 0 Å². The molecule has 6 heteroatoms. The first-order valence-corrected chi connectivity index (χ1v) is 9.75. The van der Waals surface area contributed by atoms with E-state index in [-0.39, 0.29) is 0 Å². The maximum absolute atomic E-state index is 6.18. The van der Waals surface area contributed by atoms with E-state index < -0.39 is 0 Å². The highest BCUT2D eigenvalue weighted by molar-refractivity contribution is 7.13.